The number of nitrogens with one attached hydrogen (secondary N) is 1. The van der Waals surface area contributed by atoms with Crippen molar-refractivity contribution < 1.29 is 9.53 Å². The van der Waals surface area contributed by atoms with E-state index in [1.54, 1.807) is 6.21 Å². The van der Waals surface area contributed by atoms with Crippen LogP contribution in [0.1, 0.15) is 46.8 Å². The molecule has 0 spiro atoms. The van der Waals surface area contributed by atoms with Gasteiger partial charge in [0, 0.05) is 17.1 Å². The van der Waals surface area contributed by atoms with Crippen molar-refractivity contribution in [3.05, 3.63) is 101 Å². The molecule has 3 aromatic carbocycles. The van der Waals surface area contributed by atoms with Crippen molar-refractivity contribution in [3.63, 3.8) is 0 Å². The maximum absolute atomic E-state index is 12.3. The molecule has 0 saturated heterocycles. The molecule has 0 aromatic heterocycles. The van der Waals surface area contributed by atoms with Crippen LogP contribution >= 0.6 is 11.8 Å². The summed E-state index contributed by atoms with van der Waals surface area (Å²) < 4.78 is 5.64. The quantitative estimate of drug-likeness (QED) is 0.227. The summed E-state index contributed by atoms with van der Waals surface area (Å²) in [6.45, 7) is 2.86. The number of hydrogen-bond donors (Lipinski definition) is 1. The second-order valence-electron chi connectivity index (χ2n) is 7.15. The number of thioether (sulfide) groups is 1. The molecule has 0 saturated carbocycles. The summed E-state index contributed by atoms with van der Waals surface area (Å²) in [6, 6.07) is 25.7. The van der Waals surface area contributed by atoms with Gasteiger partial charge in [-0.2, -0.15) is 16.9 Å². The van der Waals surface area contributed by atoms with Crippen LogP contribution < -0.4 is 10.2 Å². The van der Waals surface area contributed by atoms with E-state index in [9.17, 15) is 4.79 Å². The number of carbonyl (C=O) groups excluding carboxylic acids is 1. The van der Waals surface area contributed by atoms with Crippen LogP contribution in [0.3, 0.4) is 0 Å². The SMILES string of the molecule is CCCCOc1ccc(/C=N/NC(=O)c2ccc(CSCc3ccccc3)cc2)cc1. The van der Waals surface area contributed by atoms with E-state index >= 15 is 0 Å². The first-order valence-electron chi connectivity index (χ1n) is 10.5. The summed E-state index contributed by atoms with van der Waals surface area (Å²) in [5.74, 6) is 2.51. The first-order chi connectivity index (χ1) is 15.2. The zero-order chi connectivity index (χ0) is 21.7. The van der Waals surface area contributed by atoms with Gasteiger partial charge in [0.25, 0.3) is 5.91 Å². The van der Waals surface area contributed by atoms with Crippen molar-refractivity contribution in [1.82, 2.24) is 5.43 Å². The maximum atomic E-state index is 12.3. The zero-order valence-electron chi connectivity index (χ0n) is 17.8. The normalized spacial score (nSPS) is 10.9. The lowest BCUT2D eigenvalue weighted by Crippen LogP contribution is -2.17. The predicted octanol–water partition coefficient (Wildman–Crippen LogP) is 6.06. The number of benzene rings is 3. The van der Waals surface area contributed by atoms with Crippen LogP contribution in [0, 0.1) is 0 Å². The number of carbonyl (C=O) groups is 1. The first kappa shape index (κ1) is 22.6. The lowest BCUT2D eigenvalue weighted by Gasteiger charge is -2.05. The van der Waals surface area contributed by atoms with Gasteiger partial charge in [-0.1, -0.05) is 55.8 Å². The predicted molar refractivity (Wildman–Crippen MR) is 130 cm³/mol. The molecule has 31 heavy (non-hydrogen) atoms. The molecule has 4 nitrogen and oxygen atoms in total. The third-order valence-corrected chi connectivity index (χ3v) is 5.70. The zero-order valence-corrected chi connectivity index (χ0v) is 18.6. The standard InChI is InChI=1S/C26H28N2O2S/c1-2-3-17-30-25-15-11-21(12-16-25)18-27-28-26(29)24-13-9-23(10-14-24)20-31-19-22-7-5-4-6-8-22/h4-16,18H,2-3,17,19-20H2,1H3,(H,28,29)/b27-18+. The Morgan fingerprint density at radius 3 is 2.29 bits per heavy atom. The largest absolute Gasteiger partial charge is 0.494 e. The number of unbranched alkanes of at least 4 members (excludes halogenated alkanes) is 1. The number of ether oxygens (including phenoxy) is 1. The van der Waals surface area contributed by atoms with E-state index in [1.807, 2.05) is 66.4 Å². The smallest absolute Gasteiger partial charge is 0.271 e. The number of amides is 1. The van der Waals surface area contributed by atoms with E-state index in [0.29, 0.717) is 5.56 Å². The highest BCUT2D eigenvalue weighted by Gasteiger charge is 2.04. The number of rotatable bonds is 11. The summed E-state index contributed by atoms with van der Waals surface area (Å²) in [5.41, 5.74) is 6.59. The molecule has 0 aliphatic rings. The fourth-order valence-electron chi connectivity index (χ4n) is 2.83. The molecule has 0 unspecified atom stereocenters. The van der Waals surface area contributed by atoms with Gasteiger partial charge in [-0.15, -0.1) is 0 Å². The Labute approximate surface area is 188 Å². The summed E-state index contributed by atoms with van der Waals surface area (Å²) in [7, 11) is 0. The highest BCUT2D eigenvalue weighted by molar-refractivity contribution is 7.97. The van der Waals surface area contributed by atoms with E-state index in [1.165, 1.54) is 11.1 Å². The molecule has 0 atom stereocenters. The van der Waals surface area contributed by atoms with Gasteiger partial charge in [-0.25, -0.2) is 5.43 Å². The van der Waals surface area contributed by atoms with Crippen LogP contribution in [0.2, 0.25) is 0 Å². The molecular formula is C26H28N2O2S. The van der Waals surface area contributed by atoms with Crippen LogP contribution in [0.5, 0.6) is 5.75 Å². The topological polar surface area (TPSA) is 50.7 Å². The van der Waals surface area contributed by atoms with Crippen LogP contribution in [-0.4, -0.2) is 18.7 Å². The van der Waals surface area contributed by atoms with Crippen molar-refractivity contribution in [2.45, 2.75) is 31.3 Å². The lowest BCUT2D eigenvalue weighted by atomic mass is 10.1. The van der Waals surface area contributed by atoms with Crippen LogP contribution in [-0.2, 0) is 11.5 Å². The molecule has 0 aliphatic carbocycles. The maximum Gasteiger partial charge on any atom is 0.271 e. The van der Waals surface area contributed by atoms with Gasteiger partial charge < -0.3 is 4.74 Å². The third kappa shape index (κ3) is 7.95. The summed E-state index contributed by atoms with van der Waals surface area (Å²) in [6.07, 6.45) is 3.78. The van der Waals surface area contributed by atoms with Crippen LogP contribution in [0.4, 0.5) is 0 Å². The van der Waals surface area contributed by atoms with Gasteiger partial charge in [-0.05, 0) is 59.5 Å². The molecule has 3 rings (SSSR count). The Balaban J connectivity index is 1.42. The molecule has 0 bridgehead atoms. The van der Waals surface area contributed by atoms with Gasteiger partial charge in [0.15, 0.2) is 0 Å². The average molecular weight is 433 g/mol. The van der Waals surface area contributed by atoms with Gasteiger partial charge in [-0.3, -0.25) is 4.79 Å². The molecule has 1 N–H and O–H groups in total. The van der Waals surface area contributed by atoms with Gasteiger partial charge in [0.2, 0.25) is 0 Å². The number of hydrazone groups is 1. The van der Waals surface area contributed by atoms with Crippen molar-refractivity contribution in [3.8, 4) is 5.75 Å². The van der Waals surface area contributed by atoms with Crippen LogP contribution in [0.25, 0.3) is 0 Å². The monoisotopic (exact) mass is 432 g/mol. The highest BCUT2D eigenvalue weighted by Crippen LogP contribution is 2.18. The van der Waals surface area contributed by atoms with Crippen molar-refractivity contribution in [2.75, 3.05) is 6.61 Å². The lowest BCUT2D eigenvalue weighted by molar-refractivity contribution is 0.0955. The molecule has 1 amide bonds. The van der Waals surface area contributed by atoms with Crippen molar-refractivity contribution in [1.29, 1.82) is 0 Å². The average Bonchev–Trinajstić information content (AvgIpc) is 2.81. The Morgan fingerprint density at radius 2 is 1.61 bits per heavy atom. The fourth-order valence-corrected chi connectivity index (χ4v) is 3.79. The minimum Gasteiger partial charge on any atom is -0.494 e. The summed E-state index contributed by atoms with van der Waals surface area (Å²) >= 11 is 1.86. The van der Waals surface area contributed by atoms with Gasteiger partial charge >= 0.3 is 0 Å². The molecule has 0 fully saturated rings. The second-order valence-corrected chi connectivity index (χ2v) is 8.13. The Morgan fingerprint density at radius 1 is 0.935 bits per heavy atom. The van der Waals surface area contributed by atoms with Crippen molar-refractivity contribution in [2.24, 2.45) is 5.10 Å². The molecule has 5 heteroatoms. The molecule has 0 heterocycles. The van der Waals surface area contributed by atoms with E-state index < -0.39 is 0 Å². The van der Waals surface area contributed by atoms with E-state index in [4.69, 9.17) is 4.74 Å². The summed E-state index contributed by atoms with van der Waals surface area (Å²) in [5, 5.41) is 4.06. The van der Waals surface area contributed by atoms with Crippen LogP contribution in [0.15, 0.2) is 84.0 Å². The van der Waals surface area contributed by atoms with Gasteiger partial charge in [0.1, 0.15) is 5.75 Å². The van der Waals surface area contributed by atoms with Crippen molar-refractivity contribution >= 4 is 23.9 Å². The Kier molecular flexibility index (Phi) is 9.20. The Bertz CT molecular complexity index is 955. The number of nitrogens with zero attached hydrogens (tertiary/aromatic N) is 1. The highest BCUT2D eigenvalue weighted by atomic mass is 32.2. The van der Waals surface area contributed by atoms with E-state index in [2.05, 4.69) is 41.7 Å². The van der Waals surface area contributed by atoms with E-state index in [0.717, 1.165) is 42.3 Å². The molecular weight excluding hydrogens is 404 g/mol. The second kappa shape index (κ2) is 12.6. The molecule has 160 valence electrons. The molecule has 0 aliphatic heterocycles. The molecule has 3 aromatic rings. The molecule has 0 radical (unpaired) electrons. The first-order valence-corrected chi connectivity index (χ1v) is 11.7. The minimum absolute atomic E-state index is 0.223. The third-order valence-electron chi connectivity index (χ3n) is 4.62. The van der Waals surface area contributed by atoms with Gasteiger partial charge in [0.05, 0.1) is 12.8 Å². The van der Waals surface area contributed by atoms with E-state index in [-0.39, 0.29) is 5.91 Å². The summed E-state index contributed by atoms with van der Waals surface area (Å²) in [4.78, 5) is 12.3. The number of hydrogen-bond acceptors (Lipinski definition) is 4. The fraction of sp³-hybridized carbons (Fsp3) is 0.231. The minimum atomic E-state index is -0.223. The Hall–Kier alpha value is -3.05.